The number of carbonyl (C=O) groups excluding carboxylic acids is 1. The van der Waals surface area contributed by atoms with Gasteiger partial charge in [-0.25, -0.2) is 0 Å². The Morgan fingerprint density at radius 1 is 1.57 bits per heavy atom. The average molecular weight is 197 g/mol. The summed E-state index contributed by atoms with van der Waals surface area (Å²) >= 11 is 0. The van der Waals surface area contributed by atoms with E-state index in [0.29, 0.717) is 11.3 Å². The van der Waals surface area contributed by atoms with Gasteiger partial charge in [0.25, 0.3) is 5.56 Å². The maximum atomic E-state index is 11.1. The number of nitrogens with zero attached hydrogens (tertiary/aromatic N) is 1. The van der Waals surface area contributed by atoms with Crippen LogP contribution in [0.25, 0.3) is 0 Å². The molecule has 14 heavy (non-hydrogen) atoms. The molecule has 1 aromatic rings. The summed E-state index contributed by atoms with van der Waals surface area (Å²) in [6.07, 6.45) is 1.35. The number of aromatic amines is 2. The molecule has 0 radical (unpaired) electrons. The van der Waals surface area contributed by atoms with Gasteiger partial charge in [0, 0.05) is 11.9 Å². The van der Waals surface area contributed by atoms with Gasteiger partial charge in [-0.2, -0.15) is 0 Å². The highest BCUT2D eigenvalue weighted by Gasteiger charge is 2.02. The molecule has 6 heteroatoms. The van der Waals surface area contributed by atoms with Gasteiger partial charge in [-0.3, -0.25) is 19.7 Å². The summed E-state index contributed by atoms with van der Waals surface area (Å²) in [7, 11) is 1.28. The summed E-state index contributed by atoms with van der Waals surface area (Å²) in [5.41, 5.74) is 0.855. The van der Waals surface area contributed by atoms with E-state index < -0.39 is 5.97 Å². The van der Waals surface area contributed by atoms with Crippen molar-refractivity contribution in [2.45, 2.75) is 6.92 Å². The van der Waals surface area contributed by atoms with Gasteiger partial charge in [0.2, 0.25) is 0 Å². The average Bonchev–Trinajstić information content (AvgIpc) is 2.48. The van der Waals surface area contributed by atoms with Crippen molar-refractivity contribution in [2.75, 3.05) is 13.7 Å². The fourth-order valence-corrected chi connectivity index (χ4v) is 0.887. The first-order valence-corrected chi connectivity index (χ1v) is 3.99. The molecular formula is C8H11N3O3. The second kappa shape index (κ2) is 4.40. The van der Waals surface area contributed by atoms with Crippen LogP contribution in [-0.4, -0.2) is 36.0 Å². The summed E-state index contributed by atoms with van der Waals surface area (Å²) in [6, 6.07) is 0. The minimum absolute atomic E-state index is 0.0828. The van der Waals surface area contributed by atoms with Gasteiger partial charge in [0.1, 0.15) is 6.54 Å². The molecule has 0 aliphatic rings. The van der Waals surface area contributed by atoms with E-state index >= 15 is 0 Å². The molecule has 0 aliphatic heterocycles. The zero-order chi connectivity index (χ0) is 10.6. The molecule has 6 nitrogen and oxygen atoms in total. The summed E-state index contributed by atoms with van der Waals surface area (Å²) in [6.45, 7) is 1.65. The first-order valence-electron chi connectivity index (χ1n) is 3.99. The summed E-state index contributed by atoms with van der Waals surface area (Å²) in [4.78, 5) is 25.5. The highest BCUT2D eigenvalue weighted by molar-refractivity contribution is 5.82. The Hall–Kier alpha value is -1.85. The van der Waals surface area contributed by atoms with Gasteiger partial charge in [-0.1, -0.05) is 0 Å². The molecule has 0 saturated heterocycles. The molecule has 0 bridgehead atoms. The van der Waals surface area contributed by atoms with E-state index in [1.165, 1.54) is 13.3 Å². The van der Waals surface area contributed by atoms with E-state index in [-0.39, 0.29) is 12.1 Å². The SMILES string of the molecule is COC(=O)CN=Cc1c(C)[nH][nH]c1=O. The van der Waals surface area contributed by atoms with Crippen LogP contribution in [0.2, 0.25) is 0 Å². The lowest BCUT2D eigenvalue weighted by molar-refractivity contribution is -0.138. The van der Waals surface area contributed by atoms with Gasteiger partial charge < -0.3 is 9.84 Å². The Labute approximate surface area is 80.0 Å². The molecule has 1 aromatic heterocycles. The summed E-state index contributed by atoms with van der Waals surface area (Å²) < 4.78 is 4.38. The fourth-order valence-electron chi connectivity index (χ4n) is 0.887. The molecular weight excluding hydrogens is 186 g/mol. The molecule has 0 aromatic carbocycles. The number of carbonyl (C=O) groups is 1. The van der Waals surface area contributed by atoms with Crippen LogP contribution < -0.4 is 5.56 Å². The third-order valence-electron chi connectivity index (χ3n) is 1.68. The predicted molar refractivity (Wildman–Crippen MR) is 50.6 cm³/mol. The molecule has 1 rings (SSSR count). The first kappa shape index (κ1) is 10.2. The van der Waals surface area contributed by atoms with Crippen LogP contribution in [0.3, 0.4) is 0 Å². The van der Waals surface area contributed by atoms with Crippen molar-refractivity contribution in [1.29, 1.82) is 0 Å². The standard InChI is InChI=1S/C8H11N3O3/c1-5-6(8(13)11-10-5)3-9-4-7(12)14-2/h3H,4H2,1-2H3,(H2,10,11,13). The number of rotatable bonds is 3. The number of esters is 1. The lowest BCUT2D eigenvalue weighted by Gasteiger charge is -1.91. The molecule has 2 N–H and O–H groups in total. The number of hydrogen-bond acceptors (Lipinski definition) is 4. The maximum absolute atomic E-state index is 11.1. The highest BCUT2D eigenvalue weighted by atomic mass is 16.5. The van der Waals surface area contributed by atoms with Crippen LogP contribution in [0.15, 0.2) is 9.79 Å². The number of aliphatic imine (C=N–C) groups is 1. The van der Waals surface area contributed by atoms with E-state index in [1.54, 1.807) is 6.92 Å². The quantitative estimate of drug-likeness (QED) is 0.510. The normalized spacial score (nSPS) is 10.7. The van der Waals surface area contributed by atoms with E-state index in [9.17, 15) is 9.59 Å². The topological polar surface area (TPSA) is 87.3 Å². The maximum Gasteiger partial charge on any atom is 0.327 e. The Morgan fingerprint density at radius 2 is 2.29 bits per heavy atom. The van der Waals surface area contributed by atoms with Gasteiger partial charge >= 0.3 is 5.97 Å². The largest absolute Gasteiger partial charge is 0.468 e. The number of ether oxygens (including phenoxy) is 1. The minimum Gasteiger partial charge on any atom is -0.468 e. The second-order valence-electron chi connectivity index (χ2n) is 2.66. The van der Waals surface area contributed by atoms with E-state index in [0.717, 1.165) is 0 Å². The van der Waals surface area contributed by atoms with Crippen molar-refractivity contribution in [3.63, 3.8) is 0 Å². The zero-order valence-electron chi connectivity index (χ0n) is 7.96. The van der Waals surface area contributed by atoms with Crippen LogP contribution in [0.1, 0.15) is 11.3 Å². The van der Waals surface area contributed by atoms with Gasteiger partial charge in [-0.05, 0) is 6.92 Å². The first-order chi connectivity index (χ1) is 6.65. The Bertz CT molecular complexity index is 402. The Balaban J connectivity index is 2.69. The number of H-pyrrole nitrogens is 2. The molecule has 0 spiro atoms. The third-order valence-corrected chi connectivity index (χ3v) is 1.68. The monoisotopic (exact) mass is 197 g/mol. The van der Waals surface area contributed by atoms with Crippen molar-refractivity contribution in [3.05, 3.63) is 21.6 Å². The minimum atomic E-state index is -0.439. The Kier molecular flexibility index (Phi) is 3.22. The summed E-state index contributed by atoms with van der Waals surface area (Å²) in [5.74, 6) is -0.439. The fraction of sp³-hybridized carbons (Fsp3) is 0.375. The van der Waals surface area contributed by atoms with Crippen molar-refractivity contribution >= 4 is 12.2 Å². The van der Waals surface area contributed by atoms with Crippen LogP contribution in [0.4, 0.5) is 0 Å². The molecule has 0 atom stereocenters. The van der Waals surface area contributed by atoms with Gasteiger partial charge in [0.15, 0.2) is 0 Å². The zero-order valence-corrected chi connectivity index (χ0v) is 7.96. The number of aromatic nitrogens is 2. The van der Waals surface area contributed by atoms with Crippen LogP contribution in [0.5, 0.6) is 0 Å². The molecule has 0 aliphatic carbocycles. The molecule has 0 saturated carbocycles. The highest BCUT2D eigenvalue weighted by Crippen LogP contribution is 1.92. The van der Waals surface area contributed by atoms with Crippen molar-refractivity contribution < 1.29 is 9.53 Å². The van der Waals surface area contributed by atoms with Crippen LogP contribution in [-0.2, 0) is 9.53 Å². The number of aryl methyl sites for hydroxylation is 1. The Morgan fingerprint density at radius 3 is 2.79 bits per heavy atom. The number of methoxy groups -OCH3 is 1. The summed E-state index contributed by atoms with van der Waals surface area (Å²) in [5, 5.41) is 5.05. The molecule has 1 heterocycles. The number of nitrogens with one attached hydrogen (secondary N) is 2. The van der Waals surface area contributed by atoms with E-state index in [2.05, 4.69) is 19.9 Å². The molecule has 0 unspecified atom stereocenters. The van der Waals surface area contributed by atoms with Gasteiger partial charge in [-0.15, -0.1) is 0 Å². The number of hydrogen-bond donors (Lipinski definition) is 2. The van der Waals surface area contributed by atoms with Crippen molar-refractivity contribution in [2.24, 2.45) is 4.99 Å². The van der Waals surface area contributed by atoms with Crippen molar-refractivity contribution in [1.82, 2.24) is 10.2 Å². The van der Waals surface area contributed by atoms with Crippen molar-refractivity contribution in [3.8, 4) is 0 Å². The predicted octanol–water partition coefficient (Wildman–Crippen LogP) is -0.397. The van der Waals surface area contributed by atoms with Crippen LogP contribution >= 0.6 is 0 Å². The third kappa shape index (κ3) is 2.32. The van der Waals surface area contributed by atoms with E-state index in [1.807, 2.05) is 0 Å². The molecule has 76 valence electrons. The van der Waals surface area contributed by atoms with E-state index in [4.69, 9.17) is 0 Å². The molecule has 0 amide bonds. The second-order valence-corrected chi connectivity index (χ2v) is 2.66. The van der Waals surface area contributed by atoms with Gasteiger partial charge in [0.05, 0.1) is 12.7 Å². The molecule has 0 fully saturated rings. The van der Waals surface area contributed by atoms with Crippen LogP contribution in [0, 0.1) is 6.92 Å². The lowest BCUT2D eigenvalue weighted by Crippen LogP contribution is -2.08. The smallest absolute Gasteiger partial charge is 0.327 e. The lowest BCUT2D eigenvalue weighted by atomic mass is 10.3.